The zero-order chi connectivity index (χ0) is 24.2. The van der Waals surface area contributed by atoms with Crippen molar-refractivity contribution in [3.63, 3.8) is 0 Å². The second-order valence-electron chi connectivity index (χ2n) is 11.0. The Balaban J connectivity index is 1.65. The number of carbonyl (C=O) groups excluding carboxylic acids is 2. The van der Waals surface area contributed by atoms with E-state index < -0.39 is 17.6 Å². The van der Waals surface area contributed by atoms with Crippen LogP contribution in [0.1, 0.15) is 64.7 Å². The van der Waals surface area contributed by atoms with Gasteiger partial charge in [0.2, 0.25) is 5.91 Å². The molecule has 0 radical (unpaired) electrons. The Hall–Kier alpha value is -2.82. The Morgan fingerprint density at radius 1 is 0.909 bits per heavy atom. The number of hydrogen-bond donors (Lipinski definition) is 1. The lowest BCUT2D eigenvalue weighted by Crippen LogP contribution is -2.46. The first-order chi connectivity index (χ1) is 15.4. The largest absolute Gasteiger partial charge is 0.488 e. The average molecular weight is 452 g/mol. The average Bonchev–Trinajstić information content (AvgIpc) is 3.08. The van der Waals surface area contributed by atoms with Gasteiger partial charge in [-0.05, 0) is 89.1 Å². The van der Waals surface area contributed by atoms with Gasteiger partial charge in [0.25, 0.3) is 0 Å². The first-order valence-electron chi connectivity index (χ1n) is 11.7. The molecular formula is C28H37NO4. The predicted molar refractivity (Wildman–Crippen MR) is 130 cm³/mol. The number of fused-ring (bicyclic) bond motifs is 1. The van der Waals surface area contributed by atoms with Crippen molar-refractivity contribution in [3.05, 3.63) is 65.2 Å². The van der Waals surface area contributed by atoms with E-state index in [1.165, 1.54) is 11.1 Å². The molecule has 1 aliphatic rings. The highest BCUT2D eigenvalue weighted by molar-refractivity contribution is 5.85. The molecule has 33 heavy (non-hydrogen) atoms. The summed E-state index contributed by atoms with van der Waals surface area (Å²) in [6.07, 6.45) is 2.56. The molecule has 178 valence electrons. The summed E-state index contributed by atoms with van der Waals surface area (Å²) in [6.45, 7) is 11.5. The zero-order valence-corrected chi connectivity index (χ0v) is 20.7. The fraction of sp³-hybridized carbons (Fsp3) is 0.500. The summed E-state index contributed by atoms with van der Waals surface area (Å²) in [4.78, 5) is 25.8. The Kier molecular flexibility index (Phi) is 7.51. The van der Waals surface area contributed by atoms with Crippen LogP contribution in [0.25, 0.3) is 0 Å². The minimum atomic E-state index is -0.741. The zero-order valence-electron chi connectivity index (χ0n) is 20.7. The maximum atomic E-state index is 12.9. The summed E-state index contributed by atoms with van der Waals surface area (Å²) in [7, 11) is 0. The van der Waals surface area contributed by atoms with Crippen LogP contribution in [-0.2, 0) is 33.6 Å². The normalized spacial score (nSPS) is 15.0. The standard InChI is InChI=1S/C28H37NO4/c1-27(2,3)32-23-13-11-19(12-14-23)17-24(26(31)33-28(4,5)6)29-25(30)18-20-15-21-9-7-8-10-22(21)16-20/h7-14,20,24H,15-18H2,1-6H3,(H,29,30). The van der Waals surface area contributed by atoms with Crippen molar-refractivity contribution in [3.8, 4) is 5.75 Å². The van der Waals surface area contributed by atoms with Crippen molar-refractivity contribution in [2.24, 2.45) is 5.92 Å². The fourth-order valence-electron chi connectivity index (χ4n) is 4.16. The van der Waals surface area contributed by atoms with Crippen LogP contribution < -0.4 is 10.1 Å². The number of ether oxygens (including phenoxy) is 2. The van der Waals surface area contributed by atoms with E-state index in [2.05, 4.69) is 17.4 Å². The maximum absolute atomic E-state index is 12.9. The van der Waals surface area contributed by atoms with Crippen molar-refractivity contribution < 1.29 is 19.1 Å². The van der Waals surface area contributed by atoms with Gasteiger partial charge < -0.3 is 14.8 Å². The molecule has 5 nitrogen and oxygen atoms in total. The molecule has 0 spiro atoms. The monoisotopic (exact) mass is 451 g/mol. The molecule has 0 fully saturated rings. The smallest absolute Gasteiger partial charge is 0.329 e. The van der Waals surface area contributed by atoms with Gasteiger partial charge in [0.15, 0.2) is 0 Å². The third kappa shape index (κ3) is 7.92. The summed E-state index contributed by atoms with van der Waals surface area (Å²) in [5.41, 5.74) is 2.65. The predicted octanol–water partition coefficient (Wildman–Crippen LogP) is 5.04. The number of amides is 1. The van der Waals surface area contributed by atoms with Crippen molar-refractivity contribution >= 4 is 11.9 Å². The number of benzene rings is 2. The maximum Gasteiger partial charge on any atom is 0.329 e. The van der Waals surface area contributed by atoms with E-state index in [1.807, 2.05) is 77.9 Å². The molecule has 0 aliphatic heterocycles. The van der Waals surface area contributed by atoms with Crippen LogP contribution in [0.3, 0.4) is 0 Å². The van der Waals surface area contributed by atoms with Crippen LogP contribution in [0.2, 0.25) is 0 Å². The lowest BCUT2D eigenvalue weighted by molar-refractivity contribution is -0.158. The Bertz CT molecular complexity index is 942. The van der Waals surface area contributed by atoms with Gasteiger partial charge in [-0.2, -0.15) is 0 Å². The summed E-state index contributed by atoms with van der Waals surface area (Å²) in [5.74, 6) is 0.498. The van der Waals surface area contributed by atoms with E-state index in [1.54, 1.807) is 0 Å². The van der Waals surface area contributed by atoms with E-state index >= 15 is 0 Å². The molecule has 1 atom stereocenters. The molecule has 5 heteroatoms. The van der Waals surface area contributed by atoms with Gasteiger partial charge in [0, 0.05) is 12.8 Å². The van der Waals surface area contributed by atoms with E-state index in [4.69, 9.17) is 9.47 Å². The number of esters is 1. The molecule has 1 aliphatic carbocycles. The van der Waals surface area contributed by atoms with Crippen molar-refractivity contribution in [1.82, 2.24) is 5.32 Å². The van der Waals surface area contributed by atoms with Crippen LogP contribution in [-0.4, -0.2) is 29.1 Å². The third-order valence-corrected chi connectivity index (χ3v) is 5.42. The molecule has 0 heterocycles. The van der Waals surface area contributed by atoms with Crippen LogP contribution >= 0.6 is 0 Å². The molecule has 3 rings (SSSR count). The molecule has 0 bridgehead atoms. The second kappa shape index (κ2) is 9.98. The van der Waals surface area contributed by atoms with E-state index in [9.17, 15) is 9.59 Å². The minimum absolute atomic E-state index is 0.114. The molecule has 0 aromatic heterocycles. The topological polar surface area (TPSA) is 64.6 Å². The molecule has 0 saturated heterocycles. The van der Waals surface area contributed by atoms with Crippen molar-refractivity contribution in [2.75, 3.05) is 0 Å². The molecule has 1 N–H and O–H groups in total. The van der Waals surface area contributed by atoms with E-state index in [0.29, 0.717) is 12.8 Å². The SMILES string of the molecule is CC(C)(C)OC(=O)C(Cc1ccc(OC(C)(C)C)cc1)NC(=O)CC1Cc2ccccc2C1. The fourth-order valence-corrected chi connectivity index (χ4v) is 4.16. The highest BCUT2D eigenvalue weighted by Gasteiger charge is 2.29. The first-order valence-corrected chi connectivity index (χ1v) is 11.7. The van der Waals surface area contributed by atoms with E-state index in [0.717, 1.165) is 24.2 Å². The van der Waals surface area contributed by atoms with E-state index in [-0.39, 0.29) is 17.4 Å². The Labute approximate surface area is 197 Å². The summed E-state index contributed by atoms with van der Waals surface area (Å²) >= 11 is 0. The van der Waals surface area contributed by atoms with Gasteiger partial charge in [-0.25, -0.2) is 4.79 Å². The summed E-state index contributed by atoms with van der Waals surface area (Å²) in [6, 6.07) is 15.2. The van der Waals surface area contributed by atoms with Crippen LogP contribution in [0.5, 0.6) is 5.75 Å². The first kappa shape index (κ1) is 24.8. The highest BCUT2D eigenvalue weighted by Crippen LogP contribution is 2.28. The summed E-state index contributed by atoms with van der Waals surface area (Å²) < 4.78 is 11.5. The molecule has 1 amide bonds. The third-order valence-electron chi connectivity index (χ3n) is 5.42. The molecule has 0 saturated carbocycles. The van der Waals surface area contributed by atoms with Crippen LogP contribution in [0, 0.1) is 5.92 Å². The molecule has 2 aromatic rings. The van der Waals surface area contributed by atoms with Crippen molar-refractivity contribution in [1.29, 1.82) is 0 Å². The quantitative estimate of drug-likeness (QED) is 0.599. The van der Waals surface area contributed by atoms with Gasteiger partial charge >= 0.3 is 5.97 Å². The summed E-state index contributed by atoms with van der Waals surface area (Å²) in [5, 5.41) is 2.95. The van der Waals surface area contributed by atoms with Crippen molar-refractivity contribution in [2.45, 2.75) is 84.5 Å². The van der Waals surface area contributed by atoms with Gasteiger partial charge in [-0.15, -0.1) is 0 Å². The molecule has 2 aromatic carbocycles. The van der Waals surface area contributed by atoms with Gasteiger partial charge in [0.05, 0.1) is 0 Å². The Morgan fingerprint density at radius 3 is 2.00 bits per heavy atom. The molecule has 1 unspecified atom stereocenters. The lowest BCUT2D eigenvalue weighted by Gasteiger charge is -2.25. The highest BCUT2D eigenvalue weighted by atomic mass is 16.6. The number of carbonyl (C=O) groups is 2. The lowest BCUT2D eigenvalue weighted by atomic mass is 10.0. The van der Waals surface area contributed by atoms with Crippen LogP contribution in [0.4, 0.5) is 0 Å². The van der Waals surface area contributed by atoms with Gasteiger partial charge in [-0.1, -0.05) is 36.4 Å². The van der Waals surface area contributed by atoms with Gasteiger partial charge in [0.1, 0.15) is 23.0 Å². The molecular weight excluding hydrogens is 414 g/mol. The minimum Gasteiger partial charge on any atom is -0.488 e. The number of hydrogen-bond acceptors (Lipinski definition) is 4. The second-order valence-corrected chi connectivity index (χ2v) is 11.0. The Morgan fingerprint density at radius 2 is 1.48 bits per heavy atom. The number of nitrogens with one attached hydrogen (secondary N) is 1. The van der Waals surface area contributed by atoms with Gasteiger partial charge in [-0.3, -0.25) is 4.79 Å². The van der Waals surface area contributed by atoms with Crippen LogP contribution in [0.15, 0.2) is 48.5 Å². The number of rotatable bonds is 7.